The highest BCUT2D eigenvalue weighted by molar-refractivity contribution is 6.29. The highest BCUT2D eigenvalue weighted by Gasteiger charge is 2.10. The van der Waals surface area contributed by atoms with Crippen molar-refractivity contribution in [2.75, 3.05) is 0 Å². The van der Waals surface area contributed by atoms with Gasteiger partial charge in [-0.2, -0.15) is 20.5 Å². The summed E-state index contributed by atoms with van der Waals surface area (Å²) in [5.74, 6) is 0.426. The van der Waals surface area contributed by atoms with Crippen LogP contribution in [-0.4, -0.2) is 35.2 Å². The molecule has 8 heteroatoms. The SMILES string of the molecule is Cn1cc(-c2cc(Cl)nc(-c3cn[nH]n3)n2)cn1. The molecule has 0 unspecified atom stereocenters. The molecule has 0 aromatic carbocycles. The molecule has 0 aliphatic carbocycles. The van der Waals surface area contributed by atoms with Crippen molar-refractivity contribution >= 4 is 11.6 Å². The second-order valence-corrected chi connectivity index (χ2v) is 4.04. The predicted octanol–water partition coefficient (Wildman–Crippen LogP) is 1.32. The molecule has 0 bridgehead atoms. The molecular formula is C10H8ClN7. The molecule has 18 heavy (non-hydrogen) atoms. The fourth-order valence-corrected chi connectivity index (χ4v) is 1.73. The van der Waals surface area contributed by atoms with E-state index in [1.54, 1.807) is 23.1 Å². The van der Waals surface area contributed by atoms with E-state index in [1.165, 1.54) is 0 Å². The third kappa shape index (κ3) is 1.95. The van der Waals surface area contributed by atoms with E-state index in [-0.39, 0.29) is 0 Å². The molecule has 3 aromatic heterocycles. The van der Waals surface area contributed by atoms with Crippen LogP contribution < -0.4 is 0 Å². The van der Waals surface area contributed by atoms with Crippen molar-refractivity contribution in [3.05, 3.63) is 29.8 Å². The number of aromatic nitrogens is 7. The van der Waals surface area contributed by atoms with Crippen molar-refractivity contribution in [1.29, 1.82) is 0 Å². The van der Waals surface area contributed by atoms with Crippen LogP contribution in [0, 0.1) is 0 Å². The Morgan fingerprint density at radius 1 is 1.22 bits per heavy atom. The van der Waals surface area contributed by atoms with Crippen molar-refractivity contribution < 1.29 is 0 Å². The molecule has 0 amide bonds. The minimum atomic E-state index is 0.349. The van der Waals surface area contributed by atoms with Gasteiger partial charge >= 0.3 is 0 Å². The van der Waals surface area contributed by atoms with Gasteiger partial charge in [0.25, 0.3) is 0 Å². The van der Waals surface area contributed by atoms with Gasteiger partial charge in [-0.1, -0.05) is 11.6 Å². The maximum atomic E-state index is 5.99. The molecule has 3 heterocycles. The van der Waals surface area contributed by atoms with E-state index in [9.17, 15) is 0 Å². The Hall–Kier alpha value is -2.28. The van der Waals surface area contributed by atoms with Crippen molar-refractivity contribution in [3.8, 4) is 22.8 Å². The zero-order valence-corrected chi connectivity index (χ0v) is 10.1. The minimum absolute atomic E-state index is 0.349. The van der Waals surface area contributed by atoms with Crippen LogP contribution in [-0.2, 0) is 7.05 Å². The zero-order chi connectivity index (χ0) is 12.5. The van der Waals surface area contributed by atoms with E-state index in [0.29, 0.717) is 22.4 Å². The van der Waals surface area contributed by atoms with Crippen molar-refractivity contribution in [2.24, 2.45) is 7.05 Å². The number of nitrogens with one attached hydrogen (secondary N) is 1. The second kappa shape index (κ2) is 4.19. The molecule has 0 radical (unpaired) electrons. The Labute approximate surface area is 107 Å². The van der Waals surface area contributed by atoms with Gasteiger partial charge in [-0.05, 0) is 0 Å². The van der Waals surface area contributed by atoms with Crippen molar-refractivity contribution in [2.45, 2.75) is 0 Å². The van der Waals surface area contributed by atoms with Gasteiger partial charge in [-0.25, -0.2) is 9.97 Å². The van der Waals surface area contributed by atoms with Crippen LogP contribution in [0.25, 0.3) is 22.8 Å². The van der Waals surface area contributed by atoms with E-state index < -0.39 is 0 Å². The Balaban J connectivity index is 2.11. The van der Waals surface area contributed by atoms with Crippen molar-refractivity contribution in [3.63, 3.8) is 0 Å². The third-order valence-electron chi connectivity index (χ3n) is 2.34. The second-order valence-electron chi connectivity index (χ2n) is 3.66. The van der Waals surface area contributed by atoms with E-state index >= 15 is 0 Å². The van der Waals surface area contributed by atoms with Crippen LogP contribution >= 0.6 is 11.6 Å². The summed E-state index contributed by atoms with van der Waals surface area (Å²) in [7, 11) is 1.84. The maximum absolute atomic E-state index is 5.99. The average Bonchev–Trinajstić information content (AvgIpc) is 2.98. The smallest absolute Gasteiger partial charge is 0.183 e. The number of aromatic amines is 1. The van der Waals surface area contributed by atoms with Gasteiger partial charge in [0.2, 0.25) is 0 Å². The number of rotatable bonds is 2. The average molecular weight is 262 g/mol. The van der Waals surface area contributed by atoms with Crippen molar-refractivity contribution in [1.82, 2.24) is 35.2 Å². The van der Waals surface area contributed by atoms with E-state index in [1.807, 2.05) is 13.2 Å². The van der Waals surface area contributed by atoms with Gasteiger partial charge in [0.05, 0.1) is 18.1 Å². The molecule has 1 N–H and O–H groups in total. The van der Waals surface area contributed by atoms with E-state index in [4.69, 9.17) is 11.6 Å². The number of aryl methyl sites for hydroxylation is 1. The normalized spacial score (nSPS) is 10.8. The molecule has 3 aromatic rings. The van der Waals surface area contributed by atoms with Gasteiger partial charge < -0.3 is 0 Å². The molecule has 0 aliphatic heterocycles. The summed E-state index contributed by atoms with van der Waals surface area (Å²) < 4.78 is 1.70. The molecule has 0 fully saturated rings. The first kappa shape index (κ1) is 10.8. The molecule has 0 spiro atoms. The summed E-state index contributed by atoms with van der Waals surface area (Å²) in [5.41, 5.74) is 2.11. The largest absolute Gasteiger partial charge is 0.275 e. The standard InChI is InChI=1S/C10H8ClN7/c1-18-5-6(3-13-18)7-2-9(11)15-10(14-7)8-4-12-17-16-8/h2-5H,1H3,(H,12,16,17). The van der Waals surface area contributed by atoms with E-state index in [0.717, 1.165) is 5.56 Å². The Morgan fingerprint density at radius 2 is 2.11 bits per heavy atom. The highest BCUT2D eigenvalue weighted by atomic mass is 35.5. The summed E-state index contributed by atoms with van der Waals surface area (Å²) in [6.45, 7) is 0. The summed E-state index contributed by atoms with van der Waals surface area (Å²) in [6.07, 6.45) is 5.11. The lowest BCUT2D eigenvalue weighted by Crippen LogP contribution is -1.93. The fraction of sp³-hybridized carbons (Fsp3) is 0.100. The summed E-state index contributed by atoms with van der Waals surface area (Å²) >= 11 is 5.99. The molecule has 3 rings (SSSR count). The van der Waals surface area contributed by atoms with E-state index in [2.05, 4.69) is 30.5 Å². The van der Waals surface area contributed by atoms with Crippen LogP contribution in [0.3, 0.4) is 0 Å². The third-order valence-corrected chi connectivity index (χ3v) is 2.53. The quantitative estimate of drug-likeness (QED) is 0.703. The maximum Gasteiger partial charge on any atom is 0.183 e. The van der Waals surface area contributed by atoms with Crippen LogP contribution in [0.5, 0.6) is 0 Å². The summed E-state index contributed by atoms with van der Waals surface area (Å²) in [5, 5.41) is 14.6. The number of halogens is 1. The monoisotopic (exact) mass is 261 g/mol. The molecule has 0 atom stereocenters. The van der Waals surface area contributed by atoms with Gasteiger partial charge in [-0.15, -0.1) is 0 Å². The van der Waals surface area contributed by atoms with Crippen LogP contribution in [0.2, 0.25) is 5.15 Å². The van der Waals surface area contributed by atoms with Crippen LogP contribution in [0.1, 0.15) is 0 Å². The lowest BCUT2D eigenvalue weighted by molar-refractivity contribution is 0.768. The van der Waals surface area contributed by atoms with Gasteiger partial charge in [0.15, 0.2) is 5.82 Å². The topological polar surface area (TPSA) is 85.2 Å². The number of hydrogen-bond acceptors (Lipinski definition) is 5. The molecule has 90 valence electrons. The Kier molecular flexibility index (Phi) is 2.52. The lowest BCUT2D eigenvalue weighted by atomic mass is 10.2. The Morgan fingerprint density at radius 3 is 2.78 bits per heavy atom. The number of hydrogen-bond donors (Lipinski definition) is 1. The van der Waals surface area contributed by atoms with Gasteiger partial charge in [-0.3, -0.25) is 4.68 Å². The zero-order valence-electron chi connectivity index (χ0n) is 9.37. The summed E-state index contributed by atoms with van der Waals surface area (Å²) in [4.78, 5) is 8.50. The first-order valence-electron chi connectivity index (χ1n) is 5.12. The fourth-order valence-electron chi connectivity index (χ4n) is 1.54. The van der Waals surface area contributed by atoms with Gasteiger partial charge in [0, 0.05) is 24.9 Å². The minimum Gasteiger partial charge on any atom is -0.275 e. The molecular weight excluding hydrogens is 254 g/mol. The molecule has 7 nitrogen and oxygen atoms in total. The highest BCUT2D eigenvalue weighted by Crippen LogP contribution is 2.22. The lowest BCUT2D eigenvalue weighted by Gasteiger charge is -2.00. The number of H-pyrrole nitrogens is 1. The number of nitrogens with zero attached hydrogens (tertiary/aromatic N) is 6. The predicted molar refractivity (Wildman–Crippen MR) is 64.6 cm³/mol. The van der Waals surface area contributed by atoms with Crippen LogP contribution in [0.4, 0.5) is 0 Å². The molecule has 0 aliphatic rings. The summed E-state index contributed by atoms with van der Waals surface area (Å²) in [6, 6.07) is 1.68. The first-order valence-corrected chi connectivity index (χ1v) is 5.50. The molecule has 0 saturated carbocycles. The first-order chi connectivity index (χ1) is 8.72. The van der Waals surface area contributed by atoms with Crippen LogP contribution in [0.15, 0.2) is 24.7 Å². The van der Waals surface area contributed by atoms with Gasteiger partial charge in [0.1, 0.15) is 10.8 Å². The Bertz CT molecular complexity index is 673. The molecule has 0 saturated heterocycles.